The average molecular weight is 241 g/mol. The topological polar surface area (TPSA) is 68.0 Å². The van der Waals surface area contributed by atoms with Crippen LogP contribution in [0.5, 0.6) is 0 Å². The molecule has 0 unspecified atom stereocenters. The number of nitrogens with two attached hydrogens (primary N) is 1. The minimum atomic E-state index is -0.235. The number of nitrogens with one attached hydrogen (secondary N) is 1. The summed E-state index contributed by atoms with van der Waals surface area (Å²) in [6.45, 7) is 2.05. The molecule has 0 bridgehead atoms. The summed E-state index contributed by atoms with van der Waals surface area (Å²) in [5.74, 6) is -0.235. The van der Waals surface area contributed by atoms with E-state index < -0.39 is 0 Å². The maximum Gasteiger partial charge on any atom is 0.259 e. The normalized spacial score (nSPS) is 10.1. The highest BCUT2D eigenvalue weighted by Crippen LogP contribution is 2.18. The van der Waals surface area contributed by atoms with Crippen LogP contribution in [0, 0.1) is 0 Å². The van der Waals surface area contributed by atoms with Crippen molar-refractivity contribution < 1.29 is 4.79 Å². The van der Waals surface area contributed by atoms with E-state index in [1.165, 1.54) is 6.20 Å². The molecule has 3 N–H and O–H groups in total. The first-order valence-corrected chi connectivity index (χ1v) is 5.81. The Bertz CT molecular complexity index is 566. The van der Waals surface area contributed by atoms with E-state index in [-0.39, 0.29) is 5.91 Å². The Hall–Kier alpha value is -2.36. The predicted molar refractivity (Wildman–Crippen MR) is 72.4 cm³/mol. The van der Waals surface area contributed by atoms with Crippen molar-refractivity contribution >= 4 is 17.3 Å². The number of anilines is 2. The Morgan fingerprint density at radius 1 is 1.33 bits per heavy atom. The van der Waals surface area contributed by atoms with Gasteiger partial charge in [-0.2, -0.15) is 0 Å². The fraction of sp³-hybridized carbons (Fsp3) is 0.143. The van der Waals surface area contributed by atoms with Crippen molar-refractivity contribution in [2.45, 2.75) is 13.3 Å². The molecule has 92 valence electrons. The summed E-state index contributed by atoms with van der Waals surface area (Å²) >= 11 is 0. The molecule has 0 radical (unpaired) electrons. The number of benzene rings is 1. The largest absolute Gasteiger partial charge is 0.398 e. The minimum absolute atomic E-state index is 0.235. The van der Waals surface area contributed by atoms with Crippen molar-refractivity contribution in [3.63, 3.8) is 0 Å². The number of amides is 1. The van der Waals surface area contributed by atoms with Gasteiger partial charge in [-0.15, -0.1) is 0 Å². The number of para-hydroxylation sites is 1. The molecule has 1 amide bonds. The quantitative estimate of drug-likeness (QED) is 0.867. The molecule has 0 saturated carbocycles. The molecule has 0 aliphatic carbocycles. The fourth-order valence-electron chi connectivity index (χ4n) is 1.74. The molecule has 2 rings (SSSR count). The van der Waals surface area contributed by atoms with Crippen molar-refractivity contribution in [1.29, 1.82) is 0 Å². The van der Waals surface area contributed by atoms with E-state index in [2.05, 4.69) is 10.3 Å². The molecular formula is C14H15N3O. The van der Waals surface area contributed by atoms with Crippen LogP contribution in [0.15, 0.2) is 42.7 Å². The first kappa shape index (κ1) is 12.1. The van der Waals surface area contributed by atoms with E-state index in [4.69, 9.17) is 5.73 Å². The van der Waals surface area contributed by atoms with Crippen LogP contribution < -0.4 is 11.1 Å². The second kappa shape index (κ2) is 5.31. The molecule has 1 aromatic heterocycles. The van der Waals surface area contributed by atoms with Gasteiger partial charge in [-0.25, -0.2) is 0 Å². The van der Waals surface area contributed by atoms with Gasteiger partial charge in [-0.1, -0.05) is 25.1 Å². The lowest BCUT2D eigenvalue weighted by Gasteiger charge is -2.10. The number of carbonyl (C=O) groups excluding carboxylic acids is 1. The molecule has 0 aliphatic heterocycles. The number of hydrogen-bond donors (Lipinski definition) is 2. The molecule has 0 saturated heterocycles. The van der Waals surface area contributed by atoms with Gasteiger partial charge in [0.25, 0.3) is 5.91 Å². The SMILES string of the molecule is CCc1ccccc1NC(=O)c1cnccc1N. The van der Waals surface area contributed by atoms with Gasteiger partial charge >= 0.3 is 0 Å². The van der Waals surface area contributed by atoms with Gasteiger partial charge in [0.05, 0.1) is 5.56 Å². The first-order chi connectivity index (χ1) is 8.72. The van der Waals surface area contributed by atoms with Crippen LogP contribution in [0.25, 0.3) is 0 Å². The van der Waals surface area contributed by atoms with Crippen LogP contribution in [0.4, 0.5) is 11.4 Å². The third-order valence-electron chi connectivity index (χ3n) is 2.75. The lowest BCUT2D eigenvalue weighted by Crippen LogP contribution is -2.15. The highest BCUT2D eigenvalue weighted by molar-refractivity contribution is 6.07. The average Bonchev–Trinajstić information content (AvgIpc) is 2.39. The number of aromatic nitrogens is 1. The number of nitrogens with zero attached hydrogens (tertiary/aromatic N) is 1. The molecular weight excluding hydrogens is 226 g/mol. The van der Waals surface area contributed by atoms with Gasteiger partial charge in [0.1, 0.15) is 0 Å². The Morgan fingerprint density at radius 3 is 2.83 bits per heavy atom. The van der Waals surface area contributed by atoms with Gasteiger partial charge in [-0.3, -0.25) is 9.78 Å². The summed E-state index contributed by atoms with van der Waals surface area (Å²) in [7, 11) is 0. The molecule has 0 fully saturated rings. The molecule has 0 spiro atoms. The van der Waals surface area contributed by atoms with E-state index >= 15 is 0 Å². The smallest absolute Gasteiger partial charge is 0.259 e. The maximum absolute atomic E-state index is 12.1. The maximum atomic E-state index is 12.1. The predicted octanol–water partition coefficient (Wildman–Crippen LogP) is 2.48. The summed E-state index contributed by atoms with van der Waals surface area (Å²) in [5.41, 5.74) is 8.47. The summed E-state index contributed by atoms with van der Waals surface area (Å²) < 4.78 is 0. The number of rotatable bonds is 3. The van der Waals surface area contributed by atoms with Crippen molar-refractivity contribution in [3.05, 3.63) is 53.9 Å². The van der Waals surface area contributed by atoms with Gasteiger partial charge in [0.15, 0.2) is 0 Å². The van der Waals surface area contributed by atoms with E-state index in [9.17, 15) is 4.79 Å². The zero-order valence-corrected chi connectivity index (χ0v) is 10.2. The molecule has 2 aromatic rings. The number of carbonyl (C=O) groups is 1. The highest BCUT2D eigenvalue weighted by Gasteiger charge is 2.11. The number of aryl methyl sites for hydroxylation is 1. The molecule has 0 atom stereocenters. The van der Waals surface area contributed by atoms with E-state index in [0.717, 1.165) is 17.7 Å². The van der Waals surface area contributed by atoms with Gasteiger partial charge < -0.3 is 11.1 Å². The van der Waals surface area contributed by atoms with Crippen LogP contribution in [0.2, 0.25) is 0 Å². The van der Waals surface area contributed by atoms with Gasteiger partial charge in [0, 0.05) is 23.8 Å². The number of nitrogen functional groups attached to an aromatic ring is 1. The summed E-state index contributed by atoms with van der Waals surface area (Å²) in [6, 6.07) is 9.32. The second-order valence-corrected chi connectivity index (χ2v) is 3.93. The van der Waals surface area contributed by atoms with Crippen molar-refractivity contribution in [2.75, 3.05) is 11.1 Å². The molecule has 4 heteroatoms. The Balaban J connectivity index is 2.24. The van der Waals surface area contributed by atoms with Crippen LogP contribution >= 0.6 is 0 Å². The molecule has 1 aromatic carbocycles. The molecule has 4 nitrogen and oxygen atoms in total. The van der Waals surface area contributed by atoms with E-state index in [1.54, 1.807) is 12.3 Å². The standard InChI is InChI=1S/C14H15N3O/c1-2-10-5-3-4-6-13(10)17-14(18)11-9-16-8-7-12(11)15/h3-9H,2H2,1H3,(H2,15,16)(H,17,18). The zero-order valence-electron chi connectivity index (χ0n) is 10.2. The van der Waals surface area contributed by atoms with E-state index in [0.29, 0.717) is 11.3 Å². The summed E-state index contributed by atoms with van der Waals surface area (Å²) in [5, 5.41) is 2.86. The third kappa shape index (κ3) is 2.48. The first-order valence-electron chi connectivity index (χ1n) is 5.81. The summed E-state index contributed by atoms with van der Waals surface area (Å²) in [4.78, 5) is 16.0. The lowest BCUT2D eigenvalue weighted by molar-refractivity contribution is 0.102. The lowest BCUT2D eigenvalue weighted by atomic mass is 10.1. The second-order valence-electron chi connectivity index (χ2n) is 3.93. The van der Waals surface area contributed by atoms with Crippen LogP contribution in [0.1, 0.15) is 22.8 Å². The zero-order chi connectivity index (χ0) is 13.0. The number of pyridine rings is 1. The van der Waals surface area contributed by atoms with E-state index in [1.807, 2.05) is 31.2 Å². The minimum Gasteiger partial charge on any atom is -0.398 e. The Morgan fingerprint density at radius 2 is 2.11 bits per heavy atom. The van der Waals surface area contributed by atoms with Crippen LogP contribution in [-0.2, 0) is 6.42 Å². The van der Waals surface area contributed by atoms with Crippen molar-refractivity contribution in [1.82, 2.24) is 4.98 Å². The molecule has 1 heterocycles. The van der Waals surface area contributed by atoms with Gasteiger partial charge in [-0.05, 0) is 24.1 Å². The third-order valence-corrected chi connectivity index (χ3v) is 2.75. The molecule has 18 heavy (non-hydrogen) atoms. The van der Waals surface area contributed by atoms with Crippen molar-refractivity contribution in [2.24, 2.45) is 0 Å². The van der Waals surface area contributed by atoms with Crippen molar-refractivity contribution in [3.8, 4) is 0 Å². The Labute approximate surface area is 106 Å². The Kier molecular flexibility index (Phi) is 3.57. The highest BCUT2D eigenvalue weighted by atomic mass is 16.1. The van der Waals surface area contributed by atoms with Gasteiger partial charge in [0.2, 0.25) is 0 Å². The summed E-state index contributed by atoms with van der Waals surface area (Å²) in [6.07, 6.45) is 3.89. The monoisotopic (exact) mass is 241 g/mol. The fourth-order valence-corrected chi connectivity index (χ4v) is 1.74. The van der Waals surface area contributed by atoms with Crippen LogP contribution in [-0.4, -0.2) is 10.9 Å². The van der Waals surface area contributed by atoms with Crippen LogP contribution in [0.3, 0.4) is 0 Å². The number of hydrogen-bond acceptors (Lipinski definition) is 3. The molecule has 0 aliphatic rings.